The Morgan fingerprint density at radius 3 is 1.67 bits per heavy atom. The van der Waals surface area contributed by atoms with Crippen LogP contribution in [-0.4, -0.2) is 5.20 Å². The van der Waals surface area contributed by atoms with Crippen LogP contribution in [0.3, 0.4) is 0 Å². The molecule has 0 bridgehead atoms. The second kappa shape index (κ2) is 11.0. The van der Waals surface area contributed by atoms with Gasteiger partial charge in [-0.3, -0.25) is 0 Å². The summed E-state index contributed by atoms with van der Waals surface area (Å²) in [6.07, 6.45) is 1.05. The van der Waals surface area contributed by atoms with Gasteiger partial charge in [-0.15, -0.1) is 0 Å². The molecule has 0 N–H and O–H groups in total. The van der Waals surface area contributed by atoms with E-state index < -0.39 is 27.6 Å². The fraction of sp³-hybridized carbons (Fsp3) is 0.188. The van der Waals surface area contributed by atoms with Crippen molar-refractivity contribution in [2.75, 3.05) is 0 Å². The minimum Gasteiger partial charge on any atom is -1.00 e. The van der Waals surface area contributed by atoms with Crippen molar-refractivity contribution >= 4 is 10.8 Å². The van der Waals surface area contributed by atoms with Crippen LogP contribution < -0.4 is 24.8 Å². The Morgan fingerprint density at radius 2 is 1.08 bits per heavy atom. The molecule has 4 aromatic rings. The molecule has 1 unspecified atom stereocenters. The largest absolute Gasteiger partial charge is 1.00 e. The van der Waals surface area contributed by atoms with Gasteiger partial charge >= 0.3 is 216 Å². The maximum Gasteiger partial charge on any atom is -1.00 e. The molecule has 36 heavy (non-hydrogen) atoms. The van der Waals surface area contributed by atoms with Crippen molar-refractivity contribution in [2.45, 2.75) is 35.6 Å². The molecule has 2 aliphatic carbocycles. The number of rotatable bonds is 5. The third kappa shape index (κ3) is 4.67. The molecular weight excluding hydrogens is 575 g/mol. The molecule has 0 nitrogen and oxygen atoms in total. The molecule has 0 heterocycles. The first-order chi connectivity index (χ1) is 16.5. The molecule has 0 saturated heterocycles. The SMILES string of the molecule is CC1=C(Cc2ccccc2)c2ccccc2[CH]1[Zr+2][Si](C)(C)C1c2ccccc2-c2ccccc21.[Cl-].[Cl-]. The van der Waals surface area contributed by atoms with E-state index in [2.05, 4.69) is 123 Å². The summed E-state index contributed by atoms with van der Waals surface area (Å²) in [6.45, 7) is 7.85. The molecule has 180 valence electrons. The molecular formula is C32H30Cl2SiZr. The Morgan fingerprint density at radius 1 is 0.611 bits per heavy atom. The molecule has 0 radical (unpaired) electrons. The van der Waals surface area contributed by atoms with E-state index in [9.17, 15) is 0 Å². The van der Waals surface area contributed by atoms with E-state index in [4.69, 9.17) is 0 Å². The van der Waals surface area contributed by atoms with E-state index in [1.807, 2.05) is 0 Å². The number of benzene rings is 4. The molecule has 0 saturated carbocycles. The van der Waals surface area contributed by atoms with Crippen molar-refractivity contribution in [3.8, 4) is 11.1 Å². The molecule has 0 spiro atoms. The predicted molar refractivity (Wildman–Crippen MR) is 143 cm³/mol. The Labute approximate surface area is 239 Å². The van der Waals surface area contributed by atoms with Gasteiger partial charge in [-0.05, 0) is 0 Å². The summed E-state index contributed by atoms with van der Waals surface area (Å²) < 4.78 is 0.695. The van der Waals surface area contributed by atoms with Gasteiger partial charge in [0.15, 0.2) is 0 Å². The average molecular weight is 605 g/mol. The quantitative estimate of drug-likeness (QED) is 0.307. The zero-order valence-electron chi connectivity index (χ0n) is 20.9. The van der Waals surface area contributed by atoms with Crippen molar-refractivity contribution in [3.63, 3.8) is 0 Å². The van der Waals surface area contributed by atoms with E-state index in [1.165, 1.54) is 22.3 Å². The summed E-state index contributed by atoms with van der Waals surface area (Å²) in [7, 11) is 0. The number of fused-ring (bicyclic) bond motifs is 4. The summed E-state index contributed by atoms with van der Waals surface area (Å²) in [6, 6.07) is 38.8. The van der Waals surface area contributed by atoms with Crippen molar-refractivity contribution < 1.29 is 47.2 Å². The molecule has 1 atom stereocenters. The maximum absolute atomic E-state index is 2.70. The minimum atomic E-state index is -1.53. The first-order valence-corrected chi connectivity index (χ1v) is 20.5. The third-order valence-corrected chi connectivity index (χ3v) is 22.5. The molecule has 4 heteroatoms. The van der Waals surface area contributed by atoms with Crippen LogP contribution in [0.2, 0.25) is 13.1 Å². The molecule has 0 aliphatic heterocycles. The maximum atomic E-state index is 2.70. The van der Waals surface area contributed by atoms with Gasteiger partial charge in [0, 0.05) is 0 Å². The van der Waals surface area contributed by atoms with Crippen LogP contribution in [-0.2, 0) is 28.8 Å². The first kappa shape index (κ1) is 27.3. The Kier molecular flexibility index (Phi) is 8.32. The number of allylic oxidation sites excluding steroid dienone is 2. The number of hydrogen-bond donors (Lipinski definition) is 0. The fourth-order valence-electron chi connectivity index (χ4n) is 6.25. The molecule has 2 aliphatic rings. The van der Waals surface area contributed by atoms with Gasteiger partial charge in [0.2, 0.25) is 0 Å². The van der Waals surface area contributed by atoms with Gasteiger partial charge in [-0.2, -0.15) is 0 Å². The summed E-state index contributed by atoms with van der Waals surface area (Å²) in [5, 5.41) is -1.53. The average Bonchev–Trinajstić information content (AvgIpc) is 3.33. The zero-order valence-corrected chi connectivity index (χ0v) is 25.9. The Balaban J connectivity index is 0.00000152. The first-order valence-electron chi connectivity index (χ1n) is 12.3. The second-order valence-electron chi connectivity index (χ2n) is 10.3. The van der Waals surface area contributed by atoms with E-state index in [0.29, 0.717) is 9.17 Å². The van der Waals surface area contributed by atoms with Gasteiger partial charge in [-0.1, -0.05) is 0 Å². The second-order valence-corrected chi connectivity index (χ2v) is 27.7. The van der Waals surface area contributed by atoms with Gasteiger partial charge in [0.1, 0.15) is 0 Å². The fourth-order valence-corrected chi connectivity index (χ4v) is 22.4. The normalized spacial score (nSPS) is 15.8. The molecule has 0 amide bonds. The smallest absolute Gasteiger partial charge is 1.00 e. The topological polar surface area (TPSA) is 0 Å². The van der Waals surface area contributed by atoms with Crippen LogP contribution in [0.15, 0.2) is 109 Å². The summed E-state index contributed by atoms with van der Waals surface area (Å²) in [5.74, 6) is 0. The van der Waals surface area contributed by atoms with E-state index >= 15 is 0 Å². The standard InChI is InChI=1S/C17H15.C15H15Si.2ClH.Zr/c1-13-11-15-9-5-6-10-16(15)17(13)12-14-7-3-2-4-8-14;1-16(2)15-13-9-5-3-7-11(13)12-8-4-6-10-14(12)15;;;/h2-11H,12H2,1H3;3-10,15H,1-2H3;2*1H;/q;;;;+2/p-2. The van der Waals surface area contributed by atoms with Crippen LogP contribution in [0, 0.1) is 0 Å². The van der Waals surface area contributed by atoms with Crippen LogP contribution in [0.4, 0.5) is 0 Å². The summed E-state index contributed by atoms with van der Waals surface area (Å²) >= 11 is -0.762. The van der Waals surface area contributed by atoms with Gasteiger partial charge in [0.05, 0.1) is 0 Å². The van der Waals surface area contributed by atoms with Crippen molar-refractivity contribution in [3.05, 3.63) is 137 Å². The summed E-state index contributed by atoms with van der Waals surface area (Å²) in [4.78, 5) is 0. The van der Waals surface area contributed by atoms with Gasteiger partial charge in [0.25, 0.3) is 0 Å². The van der Waals surface area contributed by atoms with Crippen LogP contribution in [0.5, 0.6) is 0 Å². The monoisotopic (exact) mass is 602 g/mol. The van der Waals surface area contributed by atoms with Gasteiger partial charge in [-0.25, -0.2) is 0 Å². The van der Waals surface area contributed by atoms with Crippen molar-refractivity contribution in [1.29, 1.82) is 0 Å². The Bertz CT molecular complexity index is 1370. The summed E-state index contributed by atoms with van der Waals surface area (Å²) in [5.41, 5.74) is 14.6. The zero-order chi connectivity index (χ0) is 23.3. The van der Waals surface area contributed by atoms with Crippen LogP contribution >= 0.6 is 0 Å². The Hall–Kier alpha value is -1.70. The molecule has 0 aromatic heterocycles. The van der Waals surface area contributed by atoms with E-state index in [-0.39, 0.29) is 24.8 Å². The molecule has 0 fully saturated rings. The van der Waals surface area contributed by atoms with Crippen LogP contribution in [0.25, 0.3) is 16.7 Å². The van der Waals surface area contributed by atoms with E-state index in [1.54, 1.807) is 27.8 Å². The van der Waals surface area contributed by atoms with E-state index in [0.717, 1.165) is 6.42 Å². The predicted octanol–water partition coefficient (Wildman–Crippen LogP) is 2.40. The number of halogens is 2. The van der Waals surface area contributed by atoms with Gasteiger partial charge < -0.3 is 24.8 Å². The molecule has 6 rings (SSSR count). The third-order valence-electron chi connectivity index (χ3n) is 7.80. The van der Waals surface area contributed by atoms with Crippen molar-refractivity contribution in [2.24, 2.45) is 0 Å². The van der Waals surface area contributed by atoms with Crippen molar-refractivity contribution in [1.82, 2.24) is 0 Å². The molecule has 4 aromatic carbocycles. The van der Waals surface area contributed by atoms with Crippen LogP contribution in [0.1, 0.15) is 43.9 Å². The number of hydrogen-bond acceptors (Lipinski definition) is 0. The minimum absolute atomic E-state index is 0.